The van der Waals surface area contributed by atoms with Crippen molar-refractivity contribution in [1.82, 2.24) is 4.90 Å². The molecule has 1 amide bonds. The van der Waals surface area contributed by atoms with Crippen LogP contribution >= 0.6 is 0 Å². The molecule has 1 fully saturated rings. The molecule has 0 bridgehead atoms. The lowest BCUT2D eigenvalue weighted by molar-refractivity contribution is -0.159. The molecule has 0 spiro atoms. The molecule has 17 heavy (non-hydrogen) atoms. The van der Waals surface area contributed by atoms with E-state index in [0.717, 1.165) is 0 Å². The fourth-order valence-corrected chi connectivity index (χ4v) is 1.68. The SMILES string of the molecule is COC(CN)CC(=O)N1CCOCC1C(=O)O. The maximum Gasteiger partial charge on any atom is 0.328 e. The monoisotopic (exact) mass is 246 g/mol. The van der Waals surface area contributed by atoms with E-state index < -0.39 is 12.0 Å². The Hall–Kier alpha value is -1.18. The number of hydrogen-bond donors (Lipinski definition) is 2. The Bertz CT molecular complexity index is 280. The van der Waals surface area contributed by atoms with Crippen LogP contribution in [-0.2, 0) is 19.1 Å². The summed E-state index contributed by atoms with van der Waals surface area (Å²) >= 11 is 0. The highest BCUT2D eigenvalue weighted by Gasteiger charge is 2.33. The van der Waals surface area contributed by atoms with E-state index in [1.165, 1.54) is 12.0 Å². The molecular formula is C10H18N2O5. The zero-order valence-corrected chi connectivity index (χ0v) is 9.80. The van der Waals surface area contributed by atoms with Crippen LogP contribution < -0.4 is 5.73 Å². The lowest BCUT2D eigenvalue weighted by atomic mass is 10.1. The van der Waals surface area contributed by atoms with E-state index in [9.17, 15) is 9.59 Å². The van der Waals surface area contributed by atoms with Gasteiger partial charge < -0.3 is 25.2 Å². The number of methoxy groups -OCH3 is 1. The summed E-state index contributed by atoms with van der Waals surface area (Å²) in [5.41, 5.74) is 5.42. The molecule has 3 N–H and O–H groups in total. The summed E-state index contributed by atoms with van der Waals surface area (Å²) < 4.78 is 10.1. The first-order valence-electron chi connectivity index (χ1n) is 5.43. The van der Waals surface area contributed by atoms with Crippen molar-refractivity contribution in [3.63, 3.8) is 0 Å². The number of carboxylic acid groups (broad SMARTS) is 1. The lowest BCUT2D eigenvalue weighted by Gasteiger charge is -2.33. The van der Waals surface area contributed by atoms with Crippen molar-refractivity contribution in [2.45, 2.75) is 18.6 Å². The number of hydrogen-bond acceptors (Lipinski definition) is 5. The van der Waals surface area contributed by atoms with Crippen molar-refractivity contribution in [2.75, 3.05) is 33.4 Å². The second kappa shape index (κ2) is 6.53. The molecule has 2 atom stereocenters. The Balaban J connectivity index is 2.61. The van der Waals surface area contributed by atoms with Crippen LogP contribution in [-0.4, -0.2) is 67.4 Å². The molecule has 0 saturated carbocycles. The van der Waals surface area contributed by atoms with Gasteiger partial charge >= 0.3 is 5.97 Å². The van der Waals surface area contributed by atoms with Crippen LogP contribution in [0.25, 0.3) is 0 Å². The first-order valence-corrected chi connectivity index (χ1v) is 5.43. The minimum atomic E-state index is -1.06. The van der Waals surface area contributed by atoms with Gasteiger partial charge in [-0.15, -0.1) is 0 Å². The van der Waals surface area contributed by atoms with Crippen molar-refractivity contribution in [3.05, 3.63) is 0 Å². The van der Waals surface area contributed by atoms with E-state index in [1.807, 2.05) is 0 Å². The highest BCUT2D eigenvalue weighted by Crippen LogP contribution is 2.11. The Morgan fingerprint density at radius 1 is 1.65 bits per heavy atom. The molecule has 1 rings (SSSR count). The van der Waals surface area contributed by atoms with Crippen LogP contribution in [0.2, 0.25) is 0 Å². The maximum atomic E-state index is 11.9. The van der Waals surface area contributed by atoms with E-state index in [0.29, 0.717) is 6.61 Å². The number of rotatable bonds is 5. The van der Waals surface area contributed by atoms with Gasteiger partial charge in [-0.2, -0.15) is 0 Å². The molecule has 0 aromatic carbocycles. The number of ether oxygens (including phenoxy) is 2. The number of nitrogens with two attached hydrogens (primary N) is 1. The first-order chi connectivity index (χ1) is 8.10. The fraction of sp³-hybridized carbons (Fsp3) is 0.800. The smallest absolute Gasteiger partial charge is 0.328 e. The molecule has 98 valence electrons. The van der Waals surface area contributed by atoms with Gasteiger partial charge in [0.1, 0.15) is 0 Å². The molecule has 0 radical (unpaired) electrons. The van der Waals surface area contributed by atoms with Crippen molar-refractivity contribution in [3.8, 4) is 0 Å². The van der Waals surface area contributed by atoms with Crippen LogP contribution in [0, 0.1) is 0 Å². The van der Waals surface area contributed by atoms with Crippen LogP contribution in [0.15, 0.2) is 0 Å². The number of nitrogens with zero attached hydrogens (tertiary/aromatic N) is 1. The average molecular weight is 246 g/mol. The average Bonchev–Trinajstić information content (AvgIpc) is 2.35. The third kappa shape index (κ3) is 3.65. The van der Waals surface area contributed by atoms with E-state index in [2.05, 4.69) is 0 Å². The molecule has 0 aromatic rings. The van der Waals surface area contributed by atoms with Crippen LogP contribution in [0.3, 0.4) is 0 Å². The number of carbonyl (C=O) groups is 2. The topological polar surface area (TPSA) is 102 Å². The highest BCUT2D eigenvalue weighted by atomic mass is 16.5. The molecule has 1 aliphatic heterocycles. The molecule has 2 unspecified atom stereocenters. The quantitative estimate of drug-likeness (QED) is 0.622. The van der Waals surface area contributed by atoms with E-state index >= 15 is 0 Å². The number of morpholine rings is 1. The Labute approximate surface area is 99.5 Å². The molecule has 7 nitrogen and oxygen atoms in total. The van der Waals surface area contributed by atoms with Crippen LogP contribution in [0.1, 0.15) is 6.42 Å². The van der Waals surface area contributed by atoms with E-state index in [4.69, 9.17) is 20.3 Å². The van der Waals surface area contributed by atoms with Gasteiger partial charge in [-0.3, -0.25) is 4.79 Å². The maximum absolute atomic E-state index is 11.9. The lowest BCUT2D eigenvalue weighted by Crippen LogP contribution is -2.53. The summed E-state index contributed by atoms with van der Waals surface area (Å²) in [6, 6.07) is -0.911. The Morgan fingerprint density at radius 2 is 2.35 bits per heavy atom. The zero-order chi connectivity index (χ0) is 12.8. The predicted octanol–water partition coefficient (Wildman–Crippen LogP) is -1.34. The summed E-state index contributed by atoms with van der Waals surface area (Å²) in [4.78, 5) is 24.2. The predicted molar refractivity (Wildman–Crippen MR) is 58.4 cm³/mol. The van der Waals surface area contributed by atoms with Gasteiger partial charge in [0.25, 0.3) is 0 Å². The van der Waals surface area contributed by atoms with Crippen LogP contribution in [0.5, 0.6) is 0 Å². The molecule has 1 saturated heterocycles. The summed E-state index contributed by atoms with van der Waals surface area (Å²) in [5, 5.41) is 8.98. The van der Waals surface area contributed by atoms with E-state index in [-0.39, 0.29) is 38.1 Å². The van der Waals surface area contributed by atoms with Gasteiger partial charge in [-0.25, -0.2) is 4.79 Å². The number of carboxylic acids is 1. The highest BCUT2D eigenvalue weighted by molar-refractivity contribution is 5.84. The molecule has 1 aliphatic rings. The second-order valence-electron chi connectivity index (χ2n) is 3.81. The summed E-state index contributed by atoms with van der Waals surface area (Å²) in [6.07, 6.45) is -0.281. The van der Waals surface area contributed by atoms with Crippen molar-refractivity contribution in [1.29, 1.82) is 0 Å². The van der Waals surface area contributed by atoms with Gasteiger partial charge in [0.2, 0.25) is 5.91 Å². The van der Waals surface area contributed by atoms with Gasteiger partial charge in [0, 0.05) is 20.2 Å². The normalized spacial score (nSPS) is 22.2. The van der Waals surface area contributed by atoms with Gasteiger partial charge in [0.15, 0.2) is 6.04 Å². The van der Waals surface area contributed by atoms with Crippen molar-refractivity contribution < 1.29 is 24.2 Å². The second-order valence-corrected chi connectivity index (χ2v) is 3.81. The third-order valence-corrected chi connectivity index (χ3v) is 2.73. The van der Waals surface area contributed by atoms with Gasteiger partial charge in [-0.05, 0) is 0 Å². The Morgan fingerprint density at radius 3 is 2.88 bits per heavy atom. The standard InChI is InChI=1S/C10H18N2O5/c1-16-7(5-11)4-9(13)12-2-3-17-6-8(12)10(14)15/h7-8H,2-6,11H2,1H3,(H,14,15). The molecule has 7 heteroatoms. The summed E-state index contributed by atoms with van der Waals surface area (Å²) in [6.45, 7) is 0.901. The van der Waals surface area contributed by atoms with Crippen LogP contribution in [0.4, 0.5) is 0 Å². The molecule has 0 aromatic heterocycles. The molecular weight excluding hydrogens is 228 g/mol. The largest absolute Gasteiger partial charge is 0.480 e. The van der Waals surface area contributed by atoms with Crippen molar-refractivity contribution >= 4 is 11.9 Å². The van der Waals surface area contributed by atoms with Gasteiger partial charge in [0.05, 0.1) is 25.7 Å². The Kier molecular flexibility index (Phi) is 5.33. The summed E-state index contributed by atoms with van der Waals surface area (Å²) in [5.74, 6) is -1.32. The minimum Gasteiger partial charge on any atom is -0.480 e. The molecule has 1 heterocycles. The van der Waals surface area contributed by atoms with E-state index in [1.54, 1.807) is 0 Å². The zero-order valence-electron chi connectivity index (χ0n) is 9.80. The summed E-state index contributed by atoms with van der Waals surface area (Å²) in [7, 11) is 1.47. The number of amides is 1. The van der Waals surface area contributed by atoms with Gasteiger partial charge in [-0.1, -0.05) is 0 Å². The number of aliphatic carboxylic acids is 1. The van der Waals surface area contributed by atoms with Crippen molar-refractivity contribution in [2.24, 2.45) is 5.73 Å². The first kappa shape index (κ1) is 13.9. The number of carbonyl (C=O) groups excluding carboxylic acids is 1. The molecule has 0 aliphatic carbocycles. The minimum absolute atomic E-state index is 0.0291. The fourth-order valence-electron chi connectivity index (χ4n) is 1.68. The third-order valence-electron chi connectivity index (χ3n) is 2.73.